The van der Waals surface area contributed by atoms with Crippen LogP contribution in [0.25, 0.3) is 33.5 Å². The van der Waals surface area contributed by atoms with Gasteiger partial charge in [-0.3, -0.25) is 19.0 Å². The van der Waals surface area contributed by atoms with Crippen LogP contribution in [0.15, 0.2) is 41.3 Å². The fraction of sp³-hybridized carbons (Fsp3) is 0.150. The Morgan fingerprint density at radius 1 is 1.17 bits per heavy atom. The van der Waals surface area contributed by atoms with E-state index in [0.717, 1.165) is 15.5 Å². The minimum absolute atomic E-state index is 0.0973. The highest BCUT2D eigenvalue weighted by Gasteiger charge is 2.23. The third-order valence-corrected chi connectivity index (χ3v) is 4.90. The molecule has 0 aliphatic carbocycles. The first-order chi connectivity index (χ1) is 14.3. The van der Waals surface area contributed by atoms with Gasteiger partial charge in [-0.2, -0.15) is 0 Å². The lowest BCUT2D eigenvalue weighted by Crippen LogP contribution is -2.35. The molecule has 0 aliphatic rings. The second kappa shape index (κ2) is 6.99. The molecule has 1 aromatic carbocycles. The van der Waals surface area contributed by atoms with Crippen molar-refractivity contribution in [3.63, 3.8) is 0 Å². The molecule has 4 rings (SSSR count). The van der Waals surface area contributed by atoms with Crippen molar-refractivity contribution >= 4 is 33.8 Å². The van der Waals surface area contributed by atoms with E-state index in [1.807, 2.05) is 41.9 Å². The molecule has 0 unspecified atom stereocenters. The Kier molecular flexibility index (Phi) is 4.46. The number of benzene rings is 1. The molecule has 3 N–H and O–H groups in total. The minimum atomic E-state index is -1.27. The minimum Gasteiger partial charge on any atom is -0.506 e. The summed E-state index contributed by atoms with van der Waals surface area (Å²) in [5, 5.41) is 22.4. The van der Waals surface area contributed by atoms with Crippen LogP contribution < -0.4 is 10.9 Å². The number of carboxylic acid groups (broad SMARTS) is 1. The highest BCUT2D eigenvalue weighted by molar-refractivity contribution is 6.02. The van der Waals surface area contributed by atoms with Crippen molar-refractivity contribution in [3.05, 3.63) is 52.4 Å². The Balaban J connectivity index is 1.88. The highest BCUT2D eigenvalue weighted by atomic mass is 16.4. The van der Waals surface area contributed by atoms with E-state index in [2.05, 4.69) is 15.3 Å². The molecule has 0 saturated carbocycles. The molecule has 152 valence electrons. The van der Waals surface area contributed by atoms with Crippen molar-refractivity contribution in [1.82, 2.24) is 24.4 Å². The average Bonchev–Trinajstić information content (AvgIpc) is 3.07. The van der Waals surface area contributed by atoms with E-state index in [9.17, 15) is 19.5 Å². The fourth-order valence-electron chi connectivity index (χ4n) is 3.37. The summed E-state index contributed by atoms with van der Waals surface area (Å²) < 4.78 is 3.04. The van der Waals surface area contributed by atoms with Gasteiger partial charge in [0.2, 0.25) is 0 Å². The molecule has 0 atom stereocenters. The third-order valence-electron chi connectivity index (χ3n) is 4.90. The van der Waals surface area contributed by atoms with Crippen LogP contribution in [0, 0.1) is 0 Å². The quantitative estimate of drug-likeness (QED) is 0.459. The standard InChI is InChI=1S/C20H17N5O5/c1-24-12-6-4-3-5-10(12)7-13(24)17-21-8-11-16(28)15(19(29)22-9-14(26)27)20(30)25(2)18(11)23-17/h3-8,28H,9H2,1-2H3,(H,22,29)(H,26,27). The number of carboxylic acids is 1. The van der Waals surface area contributed by atoms with Crippen LogP contribution in [0.5, 0.6) is 5.75 Å². The van der Waals surface area contributed by atoms with E-state index in [1.165, 1.54) is 13.2 Å². The predicted molar refractivity (Wildman–Crippen MR) is 108 cm³/mol. The van der Waals surface area contributed by atoms with E-state index in [4.69, 9.17) is 5.11 Å². The number of aromatic hydroxyl groups is 1. The van der Waals surface area contributed by atoms with Crippen molar-refractivity contribution < 1.29 is 19.8 Å². The summed E-state index contributed by atoms with van der Waals surface area (Å²) in [6.07, 6.45) is 1.33. The van der Waals surface area contributed by atoms with Crippen LogP contribution in [0.4, 0.5) is 0 Å². The van der Waals surface area contributed by atoms with Gasteiger partial charge in [0.25, 0.3) is 11.5 Å². The van der Waals surface area contributed by atoms with Gasteiger partial charge in [-0.05, 0) is 12.1 Å². The first kappa shape index (κ1) is 19.1. The molecule has 0 radical (unpaired) electrons. The summed E-state index contributed by atoms with van der Waals surface area (Å²) in [6, 6.07) is 9.69. The molecule has 0 bridgehead atoms. The molecule has 0 spiro atoms. The first-order valence-corrected chi connectivity index (χ1v) is 8.93. The zero-order valence-electron chi connectivity index (χ0n) is 16.1. The third kappa shape index (κ3) is 2.94. The Labute approximate surface area is 169 Å². The number of aromatic nitrogens is 4. The number of nitrogens with zero attached hydrogens (tertiary/aromatic N) is 4. The van der Waals surface area contributed by atoms with E-state index < -0.39 is 35.3 Å². The lowest BCUT2D eigenvalue weighted by molar-refractivity contribution is -0.135. The lowest BCUT2D eigenvalue weighted by atomic mass is 10.1. The monoisotopic (exact) mass is 407 g/mol. The number of carbonyl (C=O) groups is 2. The van der Waals surface area contributed by atoms with Crippen LogP contribution in [-0.4, -0.2) is 47.7 Å². The van der Waals surface area contributed by atoms with Gasteiger partial charge in [0.1, 0.15) is 23.5 Å². The van der Waals surface area contributed by atoms with Gasteiger partial charge >= 0.3 is 5.97 Å². The van der Waals surface area contributed by atoms with E-state index in [1.54, 1.807) is 0 Å². The van der Waals surface area contributed by atoms with Crippen LogP contribution in [-0.2, 0) is 18.9 Å². The molecule has 1 amide bonds. The number of rotatable bonds is 4. The molecule has 0 saturated heterocycles. The molecule has 0 aliphatic heterocycles. The molecule has 4 aromatic rings. The smallest absolute Gasteiger partial charge is 0.322 e. The van der Waals surface area contributed by atoms with Gasteiger partial charge in [-0.1, -0.05) is 18.2 Å². The van der Waals surface area contributed by atoms with Crippen LogP contribution in [0.2, 0.25) is 0 Å². The van der Waals surface area contributed by atoms with Gasteiger partial charge in [-0.15, -0.1) is 0 Å². The van der Waals surface area contributed by atoms with Crippen LogP contribution in [0.3, 0.4) is 0 Å². The SMILES string of the molecule is Cn1c(-c2ncc3c(O)c(C(=O)NCC(=O)O)c(=O)n(C)c3n2)cc2ccccc21. The number of para-hydroxylation sites is 1. The number of fused-ring (bicyclic) bond motifs is 2. The molecular weight excluding hydrogens is 390 g/mol. The van der Waals surface area contributed by atoms with Crippen molar-refractivity contribution in [1.29, 1.82) is 0 Å². The van der Waals surface area contributed by atoms with Crippen molar-refractivity contribution in [2.45, 2.75) is 0 Å². The van der Waals surface area contributed by atoms with E-state index >= 15 is 0 Å². The maximum absolute atomic E-state index is 12.7. The number of hydrogen-bond acceptors (Lipinski definition) is 6. The van der Waals surface area contributed by atoms with E-state index in [-0.39, 0.29) is 11.0 Å². The fourth-order valence-corrected chi connectivity index (χ4v) is 3.37. The molecule has 0 fully saturated rings. The van der Waals surface area contributed by atoms with Crippen molar-refractivity contribution in [2.75, 3.05) is 6.54 Å². The van der Waals surface area contributed by atoms with Gasteiger partial charge in [0, 0.05) is 31.2 Å². The number of pyridine rings is 1. The normalized spacial score (nSPS) is 11.1. The molecule has 3 heterocycles. The second-order valence-corrected chi connectivity index (χ2v) is 6.74. The van der Waals surface area contributed by atoms with Crippen molar-refractivity contribution in [2.24, 2.45) is 14.1 Å². The summed E-state index contributed by atoms with van der Waals surface area (Å²) in [5.74, 6) is -2.52. The molecule has 30 heavy (non-hydrogen) atoms. The average molecular weight is 407 g/mol. The Morgan fingerprint density at radius 2 is 1.90 bits per heavy atom. The maximum atomic E-state index is 12.7. The van der Waals surface area contributed by atoms with Gasteiger partial charge in [0.15, 0.2) is 5.82 Å². The number of nitrogens with one attached hydrogen (secondary N) is 1. The summed E-state index contributed by atoms with van der Waals surface area (Å²) in [6.45, 7) is -0.685. The Bertz CT molecular complexity index is 1400. The number of carbonyl (C=O) groups excluding carboxylic acids is 1. The lowest BCUT2D eigenvalue weighted by Gasteiger charge is -2.12. The van der Waals surface area contributed by atoms with Crippen molar-refractivity contribution in [3.8, 4) is 17.3 Å². The van der Waals surface area contributed by atoms with Gasteiger partial charge in [0.05, 0.1) is 11.1 Å². The summed E-state index contributed by atoms with van der Waals surface area (Å²) in [4.78, 5) is 44.3. The summed E-state index contributed by atoms with van der Waals surface area (Å²) in [5.41, 5.74) is 0.478. The van der Waals surface area contributed by atoms with Crippen LogP contribution >= 0.6 is 0 Å². The number of aryl methyl sites for hydroxylation is 2. The molecule has 10 nitrogen and oxygen atoms in total. The predicted octanol–water partition coefficient (Wildman–Crippen LogP) is 1.01. The zero-order chi connectivity index (χ0) is 21.6. The number of amides is 1. The molecule has 10 heteroatoms. The maximum Gasteiger partial charge on any atom is 0.322 e. The zero-order valence-corrected chi connectivity index (χ0v) is 16.1. The number of hydrogen-bond donors (Lipinski definition) is 3. The topological polar surface area (TPSA) is 139 Å². The summed E-state index contributed by atoms with van der Waals surface area (Å²) >= 11 is 0. The summed E-state index contributed by atoms with van der Waals surface area (Å²) in [7, 11) is 3.29. The molecular formula is C20H17N5O5. The van der Waals surface area contributed by atoms with Crippen LogP contribution in [0.1, 0.15) is 10.4 Å². The second-order valence-electron chi connectivity index (χ2n) is 6.74. The first-order valence-electron chi connectivity index (χ1n) is 8.93. The highest BCUT2D eigenvalue weighted by Crippen LogP contribution is 2.28. The molecule has 3 aromatic heterocycles. The largest absolute Gasteiger partial charge is 0.506 e. The Hall–Kier alpha value is -4.21. The Morgan fingerprint density at radius 3 is 2.60 bits per heavy atom. The van der Waals surface area contributed by atoms with Gasteiger partial charge in [-0.25, -0.2) is 9.97 Å². The van der Waals surface area contributed by atoms with E-state index in [0.29, 0.717) is 11.5 Å². The van der Waals surface area contributed by atoms with Gasteiger partial charge < -0.3 is 20.1 Å². The number of aliphatic carboxylic acids is 1.